The highest BCUT2D eigenvalue weighted by molar-refractivity contribution is 5.28. The van der Waals surface area contributed by atoms with E-state index in [1.165, 1.54) is 31.3 Å². The second-order valence-corrected chi connectivity index (χ2v) is 3.53. The molecule has 0 saturated heterocycles. The number of nitrogens with two attached hydrogens (primary N) is 1. The summed E-state index contributed by atoms with van der Waals surface area (Å²) in [5.74, 6) is 0.675. The summed E-state index contributed by atoms with van der Waals surface area (Å²) in [5, 5.41) is 0. The molecule has 2 aliphatic carbocycles. The van der Waals surface area contributed by atoms with E-state index in [0.29, 0.717) is 12.0 Å². The number of hydrogen-bond donors (Lipinski definition) is 1. The van der Waals surface area contributed by atoms with Crippen LogP contribution in [0.1, 0.15) is 25.7 Å². The topological polar surface area (TPSA) is 26.0 Å². The Labute approximate surface area is 68.0 Å². The Morgan fingerprint density at radius 1 is 1.27 bits per heavy atom. The smallest absolute Gasteiger partial charge is 0.0111 e. The Morgan fingerprint density at radius 3 is 3.00 bits per heavy atom. The molecule has 11 heavy (non-hydrogen) atoms. The molecule has 0 aromatic rings. The summed E-state index contributed by atoms with van der Waals surface area (Å²) in [6.07, 6.45) is 11.7. The summed E-state index contributed by atoms with van der Waals surface area (Å²) in [6, 6.07) is 0.431. The highest BCUT2D eigenvalue weighted by Crippen LogP contribution is 2.31. The quantitative estimate of drug-likeness (QED) is 0.560. The van der Waals surface area contributed by atoms with Crippen molar-refractivity contribution in [2.45, 2.75) is 31.7 Å². The Balaban J connectivity index is 2.23. The van der Waals surface area contributed by atoms with Gasteiger partial charge in [0.25, 0.3) is 0 Å². The molecule has 0 amide bonds. The van der Waals surface area contributed by atoms with Crippen LogP contribution in [0.2, 0.25) is 0 Å². The van der Waals surface area contributed by atoms with Crippen LogP contribution < -0.4 is 5.73 Å². The van der Waals surface area contributed by atoms with Crippen LogP contribution in [-0.4, -0.2) is 6.04 Å². The lowest BCUT2D eigenvalue weighted by atomic mass is 9.78. The average Bonchev–Trinajstić information content (AvgIpc) is 2.06. The molecular formula is C10H15N. The largest absolute Gasteiger partial charge is 0.327 e. The van der Waals surface area contributed by atoms with Gasteiger partial charge < -0.3 is 5.73 Å². The Hall–Kier alpha value is -0.560. The summed E-state index contributed by atoms with van der Waals surface area (Å²) in [4.78, 5) is 0. The molecule has 1 nitrogen and oxygen atoms in total. The summed E-state index contributed by atoms with van der Waals surface area (Å²) in [5.41, 5.74) is 7.51. The van der Waals surface area contributed by atoms with Crippen LogP contribution in [0, 0.1) is 5.92 Å². The zero-order valence-corrected chi connectivity index (χ0v) is 6.79. The fourth-order valence-electron chi connectivity index (χ4n) is 2.11. The van der Waals surface area contributed by atoms with Gasteiger partial charge in [-0.2, -0.15) is 0 Å². The highest BCUT2D eigenvalue weighted by Gasteiger charge is 2.24. The number of allylic oxidation sites excluding steroid dienone is 3. The van der Waals surface area contributed by atoms with Gasteiger partial charge in [0.2, 0.25) is 0 Å². The third-order valence-corrected chi connectivity index (χ3v) is 2.78. The van der Waals surface area contributed by atoms with E-state index in [9.17, 15) is 0 Å². The fraction of sp³-hybridized carbons (Fsp3) is 0.600. The van der Waals surface area contributed by atoms with E-state index in [4.69, 9.17) is 5.73 Å². The van der Waals surface area contributed by atoms with Gasteiger partial charge in [-0.1, -0.05) is 18.2 Å². The Kier molecular flexibility index (Phi) is 1.82. The normalized spacial score (nSPS) is 36.3. The van der Waals surface area contributed by atoms with Crippen molar-refractivity contribution in [3.8, 4) is 0 Å². The maximum absolute atomic E-state index is 6.01. The molecule has 0 aliphatic heterocycles. The van der Waals surface area contributed by atoms with Crippen molar-refractivity contribution >= 4 is 0 Å². The Morgan fingerprint density at radius 2 is 2.18 bits per heavy atom. The molecule has 2 N–H and O–H groups in total. The zero-order valence-electron chi connectivity index (χ0n) is 6.79. The van der Waals surface area contributed by atoms with E-state index in [1.807, 2.05) is 0 Å². The molecule has 0 radical (unpaired) electrons. The molecule has 0 aromatic carbocycles. The second kappa shape index (κ2) is 2.82. The van der Waals surface area contributed by atoms with Crippen molar-refractivity contribution < 1.29 is 0 Å². The van der Waals surface area contributed by atoms with Gasteiger partial charge in [0.15, 0.2) is 0 Å². The van der Waals surface area contributed by atoms with Crippen molar-refractivity contribution in [2.24, 2.45) is 11.7 Å². The molecule has 60 valence electrons. The lowest BCUT2D eigenvalue weighted by Gasteiger charge is -2.30. The first-order valence-electron chi connectivity index (χ1n) is 4.50. The third kappa shape index (κ3) is 1.25. The maximum Gasteiger partial charge on any atom is 0.0111 e. The molecule has 0 aromatic heterocycles. The van der Waals surface area contributed by atoms with Gasteiger partial charge >= 0.3 is 0 Å². The molecule has 2 rings (SSSR count). The van der Waals surface area contributed by atoms with Gasteiger partial charge in [0.05, 0.1) is 0 Å². The summed E-state index contributed by atoms with van der Waals surface area (Å²) < 4.78 is 0. The molecule has 0 saturated carbocycles. The first kappa shape index (κ1) is 7.11. The van der Waals surface area contributed by atoms with E-state index < -0.39 is 0 Å². The molecular weight excluding hydrogens is 134 g/mol. The van der Waals surface area contributed by atoms with Crippen LogP contribution in [0.5, 0.6) is 0 Å². The number of fused-ring (bicyclic) bond motifs is 1. The minimum absolute atomic E-state index is 0.431. The standard InChI is InChI=1S/C10H15N/c11-10-7-3-5-8-4-1-2-6-9(8)10/h1,4-5,9-10H,2-3,6-7,11H2. The maximum atomic E-state index is 6.01. The molecule has 1 heteroatoms. The minimum atomic E-state index is 0.431. The van der Waals surface area contributed by atoms with Gasteiger partial charge in [-0.25, -0.2) is 0 Å². The highest BCUT2D eigenvalue weighted by atomic mass is 14.7. The minimum Gasteiger partial charge on any atom is -0.327 e. The molecule has 0 fully saturated rings. The summed E-state index contributed by atoms with van der Waals surface area (Å²) >= 11 is 0. The lowest BCUT2D eigenvalue weighted by Crippen LogP contribution is -2.33. The predicted molar refractivity (Wildman–Crippen MR) is 47.2 cm³/mol. The van der Waals surface area contributed by atoms with Crippen molar-refractivity contribution in [3.05, 3.63) is 23.8 Å². The van der Waals surface area contributed by atoms with Crippen LogP contribution in [0.15, 0.2) is 23.8 Å². The molecule has 2 atom stereocenters. The van der Waals surface area contributed by atoms with Crippen molar-refractivity contribution in [1.29, 1.82) is 0 Å². The van der Waals surface area contributed by atoms with Crippen LogP contribution in [0.3, 0.4) is 0 Å². The molecule has 0 spiro atoms. The first-order chi connectivity index (χ1) is 5.38. The number of rotatable bonds is 0. The fourth-order valence-corrected chi connectivity index (χ4v) is 2.11. The first-order valence-corrected chi connectivity index (χ1v) is 4.50. The van der Waals surface area contributed by atoms with Gasteiger partial charge in [-0.3, -0.25) is 0 Å². The van der Waals surface area contributed by atoms with E-state index >= 15 is 0 Å². The van der Waals surface area contributed by atoms with Crippen LogP contribution in [-0.2, 0) is 0 Å². The monoisotopic (exact) mass is 149 g/mol. The van der Waals surface area contributed by atoms with Crippen molar-refractivity contribution in [3.63, 3.8) is 0 Å². The molecule has 2 aliphatic rings. The van der Waals surface area contributed by atoms with Crippen LogP contribution >= 0.6 is 0 Å². The summed E-state index contributed by atoms with van der Waals surface area (Å²) in [6.45, 7) is 0. The van der Waals surface area contributed by atoms with Crippen molar-refractivity contribution in [1.82, 2.24) is 0 Å². The van der Waals surface area contributed by atoms with E-state index in [0.717, 1.165) is 0 Å². The van der Waals surface area contributed by atoms with E-state index in [1.54, 1.807) is 0 Å². The van der Waals surface area contributed by atoms with Gasteiger partial charge in [-0.05, 0) is 37.2 Å². The zero-order chi connectivity index (χ0) is 7.68. The average molecular weight is 149 g/mol. The molecule has 0 heterocycles. The van der Waals surface area contributed by atoms with Crippen molar-refractivity contribution in [2.75, 3.05) is 0 Å². The molecule has 2 unspecified atom stereocenters. The SMILES string of the molecule is NC1CCC=C2C=CCCC21. The van der Waals surface area contributed by atoms with E-state index in [-0.39, 0.29) is 0 Å². The Bertz CT molecular complexity index is 203. The number of hydrogen-bond acceptors (Lipinski definition) is 1. The van der Waals surface area contributed by atoms with Crippen LogP contribution in [0.25, 0.3) is 0 Å². The molecule has 0 bridgehead atoms. The summed E-state index contributed by atoms with van der Waals surface area (Å²) in [7, 11) is 0. The van der Waals surface area contributed by atoms with Crippen LogP contribution in [0.4, 0.5) is 0 Å². The van der Waals surface area contributed by atoms with E-state index in [2.05, 4.69) is 18.2 Å². The van der Waals surface area contributed by atoms with Gasteiger partial charge in [0, 0.05) is 6.04 Å². The second-order valence-electron chi connectivity index (χ2n) is 3.53. The predicted octanol–water partition coefficient (Wildman–Crippen LogP) is 2.00. The third-order valence-electron chi connectivity index (χ3n) is 2.78. The van der Waals surface area contributed by atoms with Gasteiger partial charge in [0.1, 0.15) is 0 Å². The lowest BCUT2D eigenvalue weighted by molar-refractivity contribution is 0.412. The van der Waals surface area contributed by atoms with Gasteiger partial charge in [-0.15, -0.1) is 0 Å².